The van der Waals surface area contributed by atoms with Crippen LogP contribution in [0, 0.1) is 23.5 Å². The van der Waals surface area contributed by atoms with Gasteiger partial charge in [-0.15, -0.1) is 0 Å². The molecular formula is C22H25F2N3O5. The Morgan fingerprint density at radius 1 is 1.22 bits per heavy atom. The minimum Gasteiger partial charge on any atom is -0.481 e. The largest absolute Gasteiger partial charge is 0.481 e. The molecule has 0 unspecified atom stereocenters. The number of amides is 1. The number of piperidine rings is 1. The normalized spacial score (nSPS) is 24.7. The zero-order valence-electron chi connectivity index (χ0n) is 17.9. The molecule has 32 heavy (non-hydrogen) atoms. The fourth-order valence-corrected chi connectivity index (χ4v) is 4.80. The lowest BCUT2D eigenvalue weighted by molar-refractivity contribution is -0.165. The molecule has 2 aromatic rings. The summed E-state index contributed by atoms with van der Waals surface area (Å²) in [4.78, 5) is 22.8. The zero-order valence-corrected chi connectivity index (χ0v) is 17.9. The Balaban J connectivity index is 1.51. The number of fused-ring (bicyclic) bond motifs is 2. The summed E-state index contributed by atoms with van der Waals surface area (Å²) >= 11 is 0. The van der Waals surface area contributed by atoms with Gasteiger partial charge < -0.3 is 24.2 Å². The lowest BCUT2D eigenvalue weighted by atomic mass is 9.63. The smallest absolute Gasteiger partial charge is 0.319 e. The molecule has 8 nitrogen and oxygen atoms in total. The number of aromatic nitrogens is 2. The Morgan fingerprint density at radius 3 is 2.56 bits per heavy atom. The van der Waals surface area contributed by atoms with Gasteiger partial charge in [0.1, 0.15) is 11.4 Å². The number of benzene rings is 1. The molecule has 1 saturated heterocycles. The molecule has 2 aliphatic rings. The number of ether oxygens (including phenoxy) is 3. The van der Waals surface area contributed by atoms with E-state index in [0.29, 0.717) is 37.6 Å². The molecule has 10 heteroatoms. The van der Waals surface area contributed by atoms with Crippen molar-refractivity contribution in [2.24, 2.45) is 11.8 Å². The first-order chi connectivity index (χ1) is 15.4. The average Bonchev–Trinajstić information content (AvgIpc) is 2.77. The van der Waals surface area contributed by atoms with Crippen LogP contribution in [0.1, 0.15) is 24.8 Å². The number of nitrogens with zero attached hydrogens (tertiary/aromatic N) is 3. The van der Waals surface area contributed by atoms with Crippen molar-refractivity contribution < 1.29 is 32.9 Å². The lowest BCUT2D eigenvalue weighted by Gasteiger charge is -2.53. The van der Waals surface area contributed by atoms with Crippen LogP contribution in [0.5, 0.6) is 17.6 Å². The molecule has 1 amide bonds. The Bertz CT molecular complexity index is 992. The van der Waals surface area contributed by atoms with Gasteiger partial charge in [0.15, 0.2) is 18.2 Å². The number of rotatable bonds is 6. The highest BCUT2D eigenvalue weighted by molar-refractivity contribution is 5.78. The lowest BCUT2D eigenvalue weighted by Crippen LogP contribution is -2.60. The number of hydrogen-bond acceptors (Lipinski definition) is 7. The van der Waals surface area contributed by atoms with E-state index in [2.05, 4.69) is 9.97 Å². The molecule has 2 bridgehead atoms. The van der Waals surface area contributed by atoms with E-state index in [4.69, 9.17) is 14.2 Å². The van der Waals surface area contributed by atoms with Crippen LogP contribution in [0.4, 0.5) is 8.78 Å². The third kappa shape index (κ3) is 3.94. The molecule has 1 aliphatic heterocycles. The summed E-state index contributed by atoms with van der Waals surface area (Å²) in [6, 6.07) is 3.06. The highest BCUT2D eigenvalue weighted by Crippen LogP contribution is 2.51. The van der Waals surface area contributed by atoms with Gasteiger partial charge in [0.25, 0.3) is 5.91 Å². The summed E-state index contributed by atoms with van der Waals surface area (Å²) in [5.41, 5.74) is -0.774. The van der Waals surface area contributed by atoms with Crippen molar-refractivity contribution in [2.45, 2.75) is 24.9 Å². The van der Waals surface area contributed by atoms with Crippen molar-refractivity contribution in [1.82, 2.24) is 14.9 Å². The number of halogens is 2. The molecule has 172 valence electrons. The highest BCUT2D eigenvalue weighted by Gasteiger charge is 2.54. The predicted molar refractivity (Wildman–Crippen MR) is 108 cm³/mol. The van der Waals surface area contributed by atoms with Gasteiger partial charge in [-0.3, -0.25) is 4.79 Å². The molecule has 1 saturated carbocycles. The summed E-state index contributed by atoms with van der Waals surface area (Å²) in [7, 11) is 2.91. The van der Waals surface area contributed by atoms with Crippen LogP contribution in [-0.2, 0) is 10.4 Å². The number of hydrogen-bond donors (Lipinski definition) is 1. The first-order valence-corrected chi connectivity index (χ1v) is 10.4. The van der Waals surface area contributed by atoms with Crippen LogP contribution in [0.25, 0.3) is 0 Å². The molecule has 2 atom stereocenters. The van der Waals surface area contributed by atoms with Gasteiger partial charge in [-0.2, -0.15) is 4.98 Å². The number of methoxy groups -OCH3 is 2. The molecule has 4 rings (SSSR count). The maximum atomic E-state index is 13.8. The van der Waals surface area contributed by atoms with Crippen LogP contribution in [0.15, 0.2) is 24.4 Å². The Labute approximate surface area is 184 Å². The minimum atomic E-state index is -1.25. The maximum absolute atomic E-state index is 13.8. The molecular weight excluding hydrogens is 424 g/mol. The SMILES string of the molecule is COc1ncc(C2(O)[C@@H]3CCC[C@@H]2CN(C(=O)COc2ccc(F)cc2F)C3)c(OC)n1. The predicted octanol–water partition coefficient (Wildman–Crippen LogP) is 2.30. The Hall–Kier alpha value is -3.01. The van der Waals surface area contributed by atoms with Crippen LogP contribution in [0.2, 0.25) is 0 Å². The Kier molecular flexibility index (Phi) is 6.14. The van der Waals surface area contributed by atoms with E-state index in [9.17, 15) is 18.7 Å². The van der Waals surface area contributed by atoms with E-state index < -0.39 is 17.2 Å². The molecule has 1 aromatic heterocycles. The van der Waals surface area contributed by atoms with Gasteiger partial charge in [-0.25, -0.2) is 13.8 Å². The summed E-state index contributed by atoms with van der Waals surface area (Å²) in [5, 5.41) is 11.8. The van der Waals surface area contributed by atoms with Crippen molar-refractivity contribution >= 4 is 5.91 Å². The Morgan fingerprint density at radius 2 is 1.94 bits per heavy atom. The van der Waals surface area contributed by atoms with E-state index in [1.165, 1.54) is 20.4 Å². The summed E-state index contributed by atoms with van der Waals surface area (Å²) in [6.45, 7) is 0.224. The second-order valence-corrected chi connectivity index (χ2v) is 8.09. The number of likely N-dealkylation sites (tertiary alicyclic amines) is 1. The van der Waals surface area contributed by atoms with Gasteiger partial charge in [-0.1, -0.05) is 6.42 Å². The fourth-order valence-electron chi connectivity index (χ4n) is 4.80. The van der Waals surface area contributed by atoms with E-state index in [0.717, 1.165) is 18.6 Å². The van der Waals surface area contributed by atoms with Gasteiger partial charge in [-0.05, 0) is 25.0 Å². The number of carbonyl (C=O) groups excluding carboxylic acids is 1. The van der Waals surface area contributed by atoms with Crippen LogP contribution in [-0.4, -0.2) is 59.8 Å². The molecule has 2 heterocycles. The fraction of sp³-hybridized carbons (Fsp3) is 0.500. The van der Waals surface area contributed by atoms with E-state index in [1.807, 2.05) is 0 Å². The van der Waals surface area contributed by atoms with E-state index in [-0.39, 0.29) is 42.0 Å². The van der Waals surface area contributed by atoms with Crippen LogP contribution < -0.4 is 14.2 Å². The third-order valence-electron chi connectivity index (χ3n) is 6.37. The zero-order chi connectivity index (χ0) is 22.9. The first kappa shape index (κ1) is 22.2. The summed E-state index contributed by atoms with van der Waals surface area (Å²) < 4.78 is 42.6. The van der Waals surface area contributed by atoms with Crippen LogP contribution >= 0.6 is 0 Å². The summed E-state index contributed by atoms with van der Waals surface area (Å²) in [5.74, 6) is -2.37. The highest BCUT2D eigenvalue weighted by atomic mass is 19.1. The molecule has 0 spiro atoms. The van der Waals surface area contributed by atoms with Gasteiger partial charge in [0.05, 0.1) is 19.8 Å². The van der Waals surface area contributed by atoms with Crippen molar-refractivity contribution in [1.29, 1.82) is 0 Å². The first-order valence-electron chi connectivity index (χ1n) is 10.4. The van der Waals surface area contributed by atoms with Crippen molar-refractivity contribution in [3.8, 4) is 17.6 Å². The van der Waals surface area contributed by atoms with E-state index >= 15 is 0 Å². The molecule has 1 aromatic carbocycles. The maximum Gasteiger partial charge on any atom is 0.319 e. The molecule has 0 radical (unpaired) electrons. The average molecular weight is 449 g/mol. The molecule has 1 N–H and O–H groups in total. The monoisotopic (exact) mass is 449 g/mol. The molecule has 2 fully saturated rings. The second kappa shape index (κ2) is 8.85. The third-order valence-corrected chi connectivity index (χ3v) is 6.37. The van der Waals surface area contributed by atoms with Gasteiger partial charge in [0.2, 0.25) is 5.88 Å². The topological polar surface area (TPSA) is 94.0 Å². The van der Waals surface area contributed by atoms with Crippen molar-refractivity contribution in [3.63, 3.8) is 0 Å². The van der Waals surface area contributed by atoms with Gasteiger partial charge in [0, 0.05) is 37.2 Å². The standard InChI is InChI=1S/C22H25F2N3O5/c1-30-20-16(9-25-21(26-20)31-2)22(29)13-4-3-5-14(22)11-27(10-13)19(28)12-32-18-7-6-15(23)8-17(18)24/h6-9,13-14,29H,3-5,10-12H2,1-2H3/t13-,14-/m1/s1. The summed E-state index contributed by atoms with van der Waals surface area (Å²) in [6.07, 6.45) is 3.86. The second-order valence-electron chi connectivity index (χ2n) is 8.09. The van der Waals surface area contributed by atoms with Crippen molar-refractivity contribution in [3.05, 3.63) is 41.6 Å². The quantitative estimate of drug-likeness (QED) is 0.723. The van der Waals surface area contributed by atoms with E-state index in [1.54, 1.807) is 4.90 Å². The van der Waals surface area contributed by atoms with Crippen LogP contribution in [0.3, 0.4) is 0 Å². The number of carbonyl (C=O) groups is 1. The van der Waals surface area contributed by atoms with Crippen molar-refractivity contribution in [2.75, 3.05) is 33.9 Å². The minimum absolute atomic E-state index is 0.136. The molecule has 1 aliphatic carbocycles. The van der Waals surface area contributed by atoms with Gasteiger partial charge >= 0.3 is 6.01 Å². The number of aliphatic hydroxyl groups is 1.